The van der Waals surface area contributed by atoms with Gasteiger partial charge in [-0.25, -0.2) is 9.59 Å². The van der Waals surface area contributed by atoms with Crippen molar-refractivity contribution in [1.29, 1.82) is 0 Å². The van der Waals surface area contributed by atoms with Crippen LogP contribution in [0, 0.1) is 0 Å². The topological polar surface area (TPSA) is 223 Å². The van der Waals surface area contributed by atoms with Crippen LogP contribution in [-0.2, 0) is 27.2 Å². The van der Waals surface area contributed by atoms with Crippen molar-refractivity contribution < 1.29 is 33.9 Å². The second-order valence-corrected chi connectivity index (χ2v) is 11.7. The quantitative estimate of drug-likeness (QED) is 0.207. The number of nitrogens with two attached hydrogens (primary N) is 3. The zero-order chi connectivity index (χ0) is 32.0. The first-order valence-corrected chi connectivity index (χ1v) is 15.1. The van der Waals surface area contributed by atoms with E-state index in [2.05, 4.69) is 16.0 Å². The molecule has 13 nitrogen and oxygen atoms in total. The Morgan fingerprint density at radius 1 is 0.955 bits per heavy atom. The predicted molar refractivity (Wildman–Crippen MR) is 164 cm³/mol. The number of phenolic OH excluding ortho intramolecular Hbond substituents is 2. The highest BCUT2D eigenvalue weighted by Crippen LogP contribution is 2.33. The number of urea groups is 1. The summed E-state index contributed by atoms with van der Waals surface area (Å²) in [6.07, 6.45) is 1.70. The number of likely N-dealkylation sites (tertiary alicyclic amines) is 1. The van der Waals surface area contributed by atoms with Crippen LogP contribution in [0.1, 0.15) is 43.7 Å². The van der Waals surface area contributed by atoms with E-state index in [9.17, 15) is 29.4 Å². The number of hydrogen-bond donors (Lipinski definition) is 8. The van der Waals surface area contributed by atoms with Crippen LogP contribution in [0.15, 0.2) is 36.4 Å². The molecular weight excluding hydrogens is 566 g/mol. The van der Waals surface area contributed by atoms with Gasteiger partial charge in [-0.2, -0.15) is 4.48 Å². The molecule has 238 valence electrons. The van der Waals surface area contributed by atoms with E-state index in [0.29, 0.717) is 41.5 Å². The molecule has 2 aromatic rings. The summed E-state index contributed by atoms with van der Waals surface area (Å²) in [6.45, 7) is 2.70. The molecule has 0 radical (unpaired) electrons. The molecule has 4 bridgehead atoms. The van der Waals surface area contributed by atoms with E-state index >= 15 is 0 Å². The van der Waals surface area contributed by atoms with Crippen LogP contribution in [0.25, 0.3) is 11.1 Å². The first-order valence-electron chi connectivity index (χ1n) is 15.1. The van der Waals surface area contributed by atoms with Crippen LogP contribution < -0.4 is 33.2 Å². The maximum absolute atomic E-state index is 14.5. The minimum atomic E-state index is -1.24. The number of hydrogen-bond acceptors (Lipinski definition) is 9. The normalized spacial score (nSPS) is 25.7. The highest BCUT2D eigenvalue weighted by Gasteiger charge is 2.55. The Morgan fingerprint density at radius 3 is 2.16 bits per heavy atom. The van der Waals surface area contributed by atoms with Gasteiger partial charge in [0.05, 0.1) is 12.6 Å². The summed E-state index contributed by atoms with van der Waals surface area (Å²) in [6, 6.07) is 5.54. The van der Waals surface area contributed by atoms with E-state index in [4.69, 9.17) is 17.2 Å². The fourth-order valence-electron chi connectivity index (χ4n) is 6.15. The van der Waals surface area contributed by atoms with Crippen molar-refractivity contribution in [3.8, 4) is 22.6 Å². The minimum absolute atomic E-state index is 0.00140. The van der Waals surface area contributed by atoms with Gasteiger partial charge in [-0.05, 0) is 72.8 Å². The number of rotatable bonds is 6. The van der Waals surface area contributed by atoms with Gasteiger partial charge in [0.2, 0.25) is 11.8 Å². The monoisotopic (exact) mass is 610 g/mol. The summed E-state index contributed by atoms with van der Waals surface area (Å²) < 4.78 is -0.530. The highest BCUT2D eigenvalue weighted by atomic mass is 16.3. The predicted octanol–water partition coefficient (Wildman–Crippen LogP) is 0.0932. The van der Waals surface area contributed by atoms with Gasteiger partial charge >= 0.3 is 11.9 Å². The number of carbonyl (C=O) groups is 4. The molecule has 44 heavy (non-hydrogen) atoms. The van der Waals surface area contributed by atoms with Gasteiger partial charge in [0.15, 0.2) is 0 Å². The van der Waals surface area contributed by atoms with E-state index < -0.39 is 46.4 Å². The van der Waals surface area contributed by atoms with Crippen molar-refractivity contribution in [1.82, 2.24) is 16.0 Å². The lowest BCUT2D eigenvalue weighted by Crippen LogP contribution is -2.68. The second-order valence-electron chi connectivity index (χ2n) is 11.7. The van der Waals surface area contributed by atoms with Crippen molar-refractivity contribution in [3.05, 3.63) is 47.5 Å². The Labute approximate surface area is 256 Å². The Morgan fingerprint density at radius 2 is 1.59 bits per heavy atom. The van der Waals surface area contributed by atoms with Crippen LogP contribution in [0.5, 0.6) is 11.5 Å². The molecule has 5 amide bonds. The number of quaternary nitrogens is 1. The van der Waals surface area contributed by atoms with Crippen molar-refractivity contribution >= 4 is 23.8 Å². The molecule has 2 aromatic carbocycles. The molecule has 2 aliphatic heterocycles. The van der Waals surface area contributed by atoms with Crippen molar-refractivity contribution in [2.45, 2.75) is 69.6 Å². The lowest BCUT2D eigenvalue weighted by molar-refractivity contribution is -0.785. The third kappa shape index (κ3) is 6.86. The summed E-state index contributed by atoms with van der Waals surface area (Å²) in [5.74, 6) is -1.91. The fraction of sp³-hybridized carbons (Fsp3) is 0.484. The summed E-state index contributed by atoms with van der Waals surface area (Å²) >= 11 is 0. The minimum Gasteiger partial charge on any atom is -0.508 e. The van der Waals surface area contributed by atoms with Gasteiger partial charge in [0.25, 0.3) is 0 Å². The van der Waals surface area contributed by atoms with Crippen LogP contribution in [0.2, 0.25) is 0 Å². The standard InChI is InChI=1S/C31H43N7O6/c1-18-4-3-13-38(18,31(44)35-12-11-33)30(43)25-17-22-15-20(7-9-27(22)40)19-6-8-26(39)21(14-19)16-23(34)28(41)36-24(5-2-10-32)29(42)37-25/h6-9,14-15,18,23-25H,2-5,10-13,16-17,32-34H2,1H3,(H4-,35,36,37,39,40,41,42,44)/p+1/t18-,23+,24+,25+,38?/m1/s1. The van der Waals surface area contributed by atoms with E-state index in [1.165, 1.54) is 12.1 Å². The van der Waals surface area contributed by atoms with E-state index in [-0.39, 0.29) is 63.0 Å². The van der Waals surface area contributed by atoms with E-state index in [1.54, 1.807) is 24.3 Å². The van der Waals surface area contributed by atoms with Gasteiger partial charge < -0.3 is 43.4 Å². The largest absolute Gasteiger partial charge is 0.508 e. The SMILES string of the molecule is C[C@@H]1CCC[N+]1(C(=O)NCCN)C(=O)[C@@H]1Cc2cc(ccc2O)-c2ccc(O)c(c2)C[C@H](N)C(=O)N[C@@H](CCCN)C(=O)N1. The third-order valence-electron chi connectivity index (χ3n) is 8.70. The van der Waals surface area contributed by atoms with E-state index in [0.717, 1.165) is 0 Å². The molecule has 4 rings (SSSR count). The third-order valence-corrected chi connectivity index (χ3v) is 8.70. The van der Waals surface area contributed by atoms with Crippen LogP contribution in [0.4, 0.5) is 4.79 Å². The zero-order valence-electron chi connectivity index (χ0n) is 25.1. The Hall–Kier alpha value is -4.04. The molecule has 5 atom stereocenters. The Kier molecular flexibility index (Phi) is 10.6. The van der Waals surface area contributed by atoms with Crippen molar-refractivity contribution in [2.75, 3.05) is 26.2 Å². The lowest BCUT2D eigenvalue weighted by Gasteiger charge is -2.36. The van der Waals surface area contributed by atoms with Crippen LogP contribution in [-0.4, -0.2) is 88.8 Å². The molecule has 1 fully saturated rings. The van der Waals surface area contributed by atoms with Gasteiger partial charge in [-0.1, -0.05) is 12.1 Å². The molecule has 0 aromatic heterocycles. The lowest BCUT2D eigenvalue weighted by atomic mass is 9.95. The maximum Gasteiger partial charge on any atom is 0.424 e. The van der Waals surface area contributed by atoms with Crippen LogP contribution in [0.3, 0.4) is 0 Å². The molecule has 1 unspecified atom stereocenters. The number of phenols is 2. The molecule has 2 aliphatic rings. The van der Waals surface area contributed by atoms with Crippen molar-refractivity contribution in [3.63, 3.8) is 0 Å². The summed E-state index contributed by atoms with van der Waals surface area (Å²) in [7, 11) is 0. The van der Waals surface area contributed by atoms with E-state index in [1.807, 2.05) is 6.92 Å². The fourth-order valence-corrected chi connectivity index (χ4v) is 6.15. The Balaban J connectivity index is 1.84. The molecular formula is C31H44N7O6+. The molecule has 2 heterocycles. The van der Waals surface area contributed by atoms with Crippen molar-refractivity contribution in [2.24, 2.45) is 17.2 Å². The number of fused-ring (bicyclic) bond motifs is 5. The molecule has 0 spiro atoms. The number of carbonyl (C=O) groups excluding carboxylic acids is 4. The first kappa shape index (κ1) is 32.9. The second kappa shape index (κ2) is 14.2. The molecule has 13 heteroatoms. The highest BCUT2D eigenvalue weighted by molar-refractivity contribution is 5.94. The molecule has 0 saturated carbocycles. The van der Waals surface area contributed by atoms with Gasteiger partial charge in [0, 0.05) is 38.8 Å². The molecule has 1 saturated heterocycles. The van der Waals surface area contributed by atoms with Crippen LogP contribution >= 0.6 is 0 Å². The average molecular weight is 611 g/mol. The number of imide groups is 1. The molecule has 11 N–H and O–H groups in total. The number of nitrogens with one attached hydrogen (secondary N) is 3. The van der Waals surface area contributed by atoms with Gasteiger partial charge in [0.1, 0.15) is 29.6 Å². The maximum atomic E-state index is 14.5. The Bertz CT molecular complexity index is 1400. The number of nitrogens with zero attached hydrogens (tertiary/aromatic N) is 1. The van der Waals surface area contributed by atoms with Gasteiger partial charge in [-0.3, -0.25) is 9.59 Å². The smallest absolute Gasteiger partial charge is 0.424 e. The van der Waals surface area contributed by atoms with Gasteiger partial charge in [-0.15, -0.1) is 0 Å². The zero-order valence-corrected chi connectivity index (χ0v) is 25.1. The molecule has 0 aliphatic carbocycles. The number of benzene rings is 2. The summed E-state index contributed by atoms with van der Waals surface area (Å²) in [5, 5.41) is 29.7. The number of aromatic hydroxyl groups is 2. The summed E-state index contributed by atoms with van der Waals surface area (Å²) in [5.41, 5.74) is 19.7. The average Bonchev–Trinajstić information content (AvgIpc) is 3.40. The summed E-state index contributed by atoms with van der Waals surface area (Å²) in [4.78, 5) is 55.1. The number of amides is 5. The first-order chi connectivity index (χ1) is 21.0.